The molecule has 98 valence electrons. The summed E-state index contributed by atoms with van der Waals surface area (Å²) in [6.45, 7) is 5.42. The summed E-state index contributed by atoms with van der Waals surface area (Å²) in [5, 5.41) is 14.6. The molecule has 1 unspecified atom stereocenters. The van der Waals surface area contributed by atoms with Crippen LogP contribution in [0.5, 0.6) is 0 Å². The second-order valence-corrected chi connectivity index (χ2v) is 5.38. The molecule has 0 radical (unpaired) electrons. The fourth-order valence-corrected chi connectivity index (χ4v) is 2.11. The minimum absolute atomic E-state index is 0.157. The van der Waals surface area contributed by atoms with Gasteiger partial charge < -0.3 is 15.7 Å². The van der Waals surface area contributed by atoms with Crippen LogP contribution in [0.3, 0.4) is 0 Å². The second kappa shape index (κ2) is 4.94. The molecule has 1 fully saturated rings. The number of hydrogen-bond acceptors (Lipinski definition) is 2. The van der Waals surface area contributed by atoms with Gasteiger partial charge in [0.25, 0.3) is 0 Å². The molecule has 17 heavy (non-hydrogen) atoms. The van der Waals surface area contributed by atoms with Crippen molar-refractivity contribution in [1.29, 1.82) is 0 Å². The topological polar surface area (TPSA) is 78.4 Å². The molecular formula is C12H22N2O3. The van der Waals surface area contributed by atoms with Gasteiger partial charge in [0, 0.05) is 5.54 Å². The minimum Gasteiger partial charge on any atom is -0.480 e. The zero-order valence-electron chi connectivity index (χ0n) is 10.8. The van der Waals surface area contributed by atoms with Crippen molar-refractivity contribution < 1.29 is 14.7 Å². The highest BCUT2D eigenvalue weighted by Crippen LogP contribution is 2.30. The molecular weight excluding hydrogens is 220 g/mol. The van der Waals surface area contributed by atoms with Crippen LogP contribution >= 0.6 is 0 Å². The average molecular weight is 242 g/mol. The number of hydrogen-bond donors (Lipinski definition) is 3. The molecule has 2 amide bonds. The molecule has 1 aliphatic rings. The maximum absolute atomic E-state index is 11.8. The summed E-state index contributed by atoms with van der Waals surface area (Å²) < 4.78 is 0. The first kappa shape index (κ1) is 13.8. The van der Waals surface area contributed by atoms with Crippen LogP contribution in [0, 0.1) is 0 Å². The van der Waals surface area contributed by atoms with Crippen LogP contribution in [-0.2, 0) is 4.79 Å². The Bertz CT molecular complexity index is 313. The fourth-order valence-electron chi connectivity index (χ4n) is 2.11. The molecule has 1 atom stereocenters. The zero-order valence-corrected chi connectivity index (χ0v) is 10.8. The molecule has 1 saturated carbocycles. The Morgan fingerprint density at radius 3 is 2.35 bits per heavy atom. The Morgan fingerprint density at radius 1 is 1.41 bits per heavy atom. The number of carboxylic acid groups (broad SMARTS) is 1. The van der Waals surface area contributed by atoms with Crippen LogP contribution in [0.1, 0.15) is 52.9 Å². The highest BCUT2D eigenvalue weighted by atomic mass is 16.4. The van der Waals surface area contributed by atoms with Crippen LogP contribution in [0.25, 0.3) is 0 Å². The van der Waals surface area contributed by atoms with E-state index < -0.39 is 11.5 Å². The van der Waals surface area contributed by atoms with Gasteiger partial charge in [0.1, 0.15) is 5.54 Å². The van der Waals surface area contributed by atoms with Gasteiger partial charge in [0.2, 0.25) is 0 Å². The molecule has 5 heteroatoms. The monoisotopic (exact) mass is 242 g/mol. The molecule has 3 N–H and O–H groups in total. The maximum Gasteiger partial charge on any atom is 0.329 e. The normalized spacial score (nSPS) is 20.9. The number of aliphatic carboxylic acids is 1. The highest BCUT2D eigenvalue weighted by molar-refractivity contribution is 5.86. The largest absolute Gasteiger partial charge is 0.480 e. The minimum atomic E-state index is -1.18. The van der Waals surface area contributed by atoms with Gasteiger partial charge in [-0.3, -0.25) is 0 Å². The van der Waals surface area contributed by atoms with E-state index in [1.165, 1.54) is 0 Å². The van der Waals surface area contributed by atoms with Crippen molar-refractivity contribution >= 4 is 12.0 Å². The maximum atomic E-state index is 11.8. The zero-order chi connectivity index (χ0) is 13.1. The van der Waals surface area contributed by atoms with Crippen molar-refractivity contribution in [3.63, 3.8) is 0 Å². The van der Waals surface area contributed by atoms with E-state index in [0.717, 1.165) is 19.3 Å². The lowest BCUT2D eigenvalue weighted by Gasteiger charge is -2.40. The quantitative estimate of drug-likeness (QED) is 0.688. The van der Waals surface area contributed by atoms with Crippen molar-refractivity contribution in [2.24, 2.45) is 0 Å². The average Bonchev–Trinajstić information content (AvgIpc) is 2.14. The first-order valence-electron chi connectivity index (χ1n) is 6.15. The van der Waals surface area contributed by atoms with Crippen molar-refractivity contribution in [3.8, 4) is 0 Å². The highest BCUT2D eigenvalue weighted by Gasteiger charge is 2.37. The first-order valence-corrected chi connectivity index (χ1v) is 6.15. The molecule has 1 aliphatic carbocycles. The van der Waals surface area contributed by atoms with E-state index in [0.29, 0.717) is 12.8 Å². The van der Waals surface area contributed by atoms with Gasteiger partial charge in [-0.05, 0) is 39.5 Å². The first-order chi connectivity index (χ1) is 7.81. The van der Waals surface area contributed by atoms with Crippen molar-refractivity contribution in [3.05, 3.63) is 0 Å². The van der Waals surface area contributed by atoms with Gasteiger partial charge in [0.05, 0.1) is 0 Å². The predicted molar refractivity (Wildman–Crippen MR) is 64.9 cm³/mol. The number of carbonyl (C=O) groups excluding carboxylic acids is 1. The molecule has 0 bridgehead atoms. The van der Waals surface area contributed by atoms with Gasteiger partial charge in [-0.1, -0.05) is 13.3 Å². The second-order valence-electron chi connectivity index (χ2n) is 5.38. The van der Waals surface area contributed by atoms with E-state index in [4.69, 9.17) is 5.11 Å². The summed E-state index contributed by atoms with van der Waals surface area (Å²) in [7, 11) is 0. The lowest BCUT2D eigenvalue weighted by Crippen LogP contribution is -2.60. The molecule has 0 aromatic heterocycles. The fraction of sp³-hybridized carbons (Fsp3) is 0.833. The Labute approximate surface area is 102 Å². The number of nitrogens with one attached hydrogen (secondary N) is 2. The van der Waals surface area contributed by atoms with Crippen LogP contribution < -0.4 is 10.6 Å². The Balaban J connectivity index is 2.55. The van der Waals surface area contributed by atoms with Crippen molar-refractivity contribution in [1.82, 2.24) is 10.6 Å². The van der Waals surface area contributed by atoms with E-state index >= 15 is 0 Å². The molecule has 0 aromatic carbocycles. The van der Waals surface area contributed by atoms with E-state index in [2.05, 4.69) is 10.6 Å². The molecule has 5 nitrogen and oxygen atoms in total. The third kappa shape index (κ3) is 3.35. The summed E-state index contributed by atoms with van der Waals surface area (Å²) >= 11 is 0. The number of carboxylic acids is 1. The van der Waals surface area contributed by atoms with Crippen LogP contribution in [0.4, 0.5) is 4.79 Å². The predicted octanol–water partition coefficient (Wildman–Crippen LogP) is 1.87. The summed E-state index contributed by atoms with van der Waals surface area (Å²) in [5.74, 6) is -0.992. The smallest absolute Gasteiger partial charge is 0.329 e. The van der Waals surface area contributed by atoms with Crippen LogP contribution in [0.15, 0.2) is 0 Å². The van der Waals surface area contributed by atoms with Crippen LogP contribution in [0.2, 0.25) is 0 Å². The van der Waals surface area contributed by atoms with E-state index in [1.807, 2.05) is 13.8 Å². The van der Waals surface area contributed by atoms with E-state index in [9.17, 15) is 9.59 Å². The molecule has 0 aromatic rings. The molecule has 0 spiro atoms. The lowest BCUT2D eigenvalue weighted by atomic mass is 9.79. The summed E-state index contributed by atoms with van der Waals surface area (Å²) in [6, 6.07) is -0.384. The van der Waals surface area contributed by atoms with E-state index in [1.54, 1.807) is 6.92 Å². The van der Waals surface area contributed by atoms with E-state index in [-0.39, 0.29) is 11.6 Å². The third-order valence-corrected chi connectivity index (χ3v) is 3.48. The number of carbonyl (C=O) groups is 2. The number of urea groups is 1. The number of rotatable bonds is 5. The summed E-state index contributed by atoms with van der Waals surface area (Å²) in [4.78, 5) is 22.9. The Morgan fingerprint density at radius 2 is 2.00 bits per heavy atom. The molecule has 0 aliphatic heterocycles. The Kier molecular flexibility index (Phi) is 4.01. The third-order valence-electron chi connectivity index (χ3n) is 3.48. The number of amides is 2. The van der Waals surface area contributed by atoms with Gasteiger partial charge >= 0.3 is 12.0 Å². The SMILES string of the molecule is CCCC(C)(NC(=O)NC1(C)CCC1)C(=O)O. The van der Waals surface area contributed by atoms with Gasteiger partial charge in [-0.2, -0.15) is 0 Å². The molecule has 0 heterocycles. The summed E-state index contributed by atoms with van der Waals surface area (Å²) in [5.41, 5.74) is -1.34. The van der Waals surface area contributed by atoms with Crippen molar-refractivity contribution in [2.75, 3.05) is 0 Å². The summed E-state index contributed by atoms with van der Waals surface area (Å²) in [6.07, 6.45) is 4.16. The Hall–Kier alpha value is -1.26. The lowest BCUT2D eigenvalue weighted by molar-refractivity contribution is -0.144. The standard InChI is InChI=1S/C12H22N2O3/c1-4-6-12(3,9(15)16)14-10(17)13-11(2)7-5-8-11/h4-8H2,1-3H3,(H,15,16)(H2,13,14,17). The van der Waals surface area contributed by atoms with Gasteiger partial charge in [0.15, 0.2) is 0 Å². The van der Waals surface area contributed by atoms with Gasteiger partial charge in [-0.25, -0.2) is 9.59 Å². The van der Waals surface area contributed by atoms with Gasteiger partial charge in [-0.15, -0.1) is 0 Å². The molecule has 0 saturated heterocycles. The molecule has 1 rings (SSSR count). The van der Waals surface area contributed by atoms with Crippen molar-refractivity contribution in [2.45, 2.75) is 64.0 Å². The van der Waals surface area contributed by atoms with Crippen LogP contribution in [-0.4, -0.2) is 28.2 Å².